The zero-order valence-corrected chi connectivity index (χ0v) is 11.3. The van der Waals surface area contributed by atoms with E-state index in [0.29, 0.717) is 11.3 Å². The largest absolute Gasteiger partial charge is 0.489 e. The zero-order chi connectivity index (χ0) is 13.4. The SMILES string of the molecule is CC(C)Oc1cncc(C2(O)CCS(=O)(=O)C2)c1. The van der Waals surface area contributed by atoms with Crippen molar-refractivity contribution in [1.29, 1.82) is 0 Å². The summed E-state index contributed by atoms with van der Waals surface area (Å²) in [5.41, 5.74) is -0.830. The van der Waals surface area contributed by atoms with E-state index >= 15 is 0 Å². The summed E-state index contributed by atoms with van der Waals surface area (Å²) < 4.78 is 28.4. The van der Waals surface area contributed by atoms with Crippen molar-refractivity contribution in [1.82, 2.24) is 4.98 Å². The number of hydrogen-bond donors (Lipinski definition) is 1. The third-order valence-electron chi connectivity index (χ3n) is 2.91. The highest BCUT2D eigenvalue weighted by molar-refractivity contribution is 7.91. The third kappa shape index (κ3) is 2.81. The Bertz CT molecular complexity index is 541. The lowest BCUT2D eigenvalue weighted by Gasteiger charge is -2.21. The second-order valence-corrected chi connectivity index (χ2v) is 7.13. The van der Waals surface area contributed by atoms with E-state index in [1.54, 1.807) is 12.3 Å². The molecule has 100 valence electrons. The highest BCUT2D eigenvalue weighted by atomic mass is 32.2. The molecule has 6 heteroatoms. The van der Waals surface area contributed by atoms with E-state index in [1.165, 1.54) is 6.20 Å². The standard InChI is InChI=1S/C12H17NO4S/c1-9(2)17-11-5-10(6-13-7-11)12(14)3-4-18(15,16)8-12/h5-7,9,14H,3-4,8H2,1-2H3. The van der Waals surface area contributed by atoms with E-state index in [1.807, 2.05) is 13.8 Å². The topological polar surface area (TPSA) is 76.5 Å². The molecular weight excluding hydrogens is 254 g/mol. The number of rotatable bonds is 3. The molecular formula is C12H17NO4S. The maximum atomic E-state index is 11.5. The van der Waals surface area contributed by atoms with Gasteiger partial charge in [-0.1, -0.05) is 0 Å². The van der Waals surface area contributed by atoms with Crippen LogP contribution in [0.1, 0.15) is 25.8 Å². The van der Waals surface area contributed by atoms with Gasteiger partial charge in [-0.05, 0) is 26.3 Å². The van der Waals surface area contributed by atoms with Crippen LogP contribution in [0.2, 0.25) is 0 Å². The molecule has 1 N–H and O–H groups in total. The molecule has 1 unspecified atom stereocenters. The molecule has 1 fully saturated rings. The van der Waals surface area contributed by atoms with E-state index in [0.717, 1.165) is 0 Å². The molecule has 1 aliphatic heterocycles. The van der Waals surface area contributed by atoms with Gasteiger partial charge < -0.3 is 9.84 Å². The summed E-state index contributed by atoms with van der Waals surface area (Å²) >= 11 is 0. The molecule has 1 aromatic rings. The molecule has 0 bridgehead atoms. The smallest absolute Gasteiger partial charge is 0.153 e. The van der Waals surface area contributed by atoms with Crippen molar-refractivity contribution in [2.24, 2.45) is 0 Å². The summed E-state index contributed by atoms with van der Waals surface area (Å²) in [6, 6.07) is 1.66. The Morgan fingerprint density at radius 1 is 1.44 bits per heavy atom. The summed E-state index contributed by atoms with van der Waals surface area (Å²) in [4.78, 5) is 4.00. The zero-order valence-electron chi connectivity index (χ0n) is 10.5. The van der Waals surface area contributed by atoms with Crippen molar-refractivity contribution in [2.45, 2.75) is 32.0 Å². The molecule has 0 aliphatic carbocycles. The molecule has 0 radical (unpaired) electrons. The van der Waals surface area contributed by atoms with Crippen LogP contribution in [0, 0.1) is 0 Å². The van der Waals surface area contributed by atoms with Gasteiger partial charge in [-0.25, -0.2) is 8.42 Å². The second kappa shape index (κ2) is 4.51. The van der Waals surface area contributed by atoms with Crippen molar-refractivity contribution in [3.63, 3.8) is 0 Å². The van der Waals surface area contributed by atoms with Crippen LogP contribution in [0.15, 0.2) is 18.5 Å². The lowest BCUT2D eigenvalue weighted by molar-refractivity contribution is 0.0644. The number of pyridine rings is 1. The van der Waals surface area contributed by atoms with Crippen LogP contribution in [0.4, 0.5) is 0 Å². The van der Waals surface area contributed by atoms with Crippen molar-refractivity contribution in [3.05, 3.63) is 24.0 Å². The minimum Gasteiger partial charge on any atom is -0.489 e. The molecule has 1 atom stereocenters. The van der Waals surface area contributed by atoms with E-state index in [4.69, 9.17) is 4.74 Å². The average molecular weight is 271 g/mol. The predicted molar refractivity (Wildman–Crippen MR) is 67.2 cm³/mol. The van der Waals surface area contributed by atoms with Gasteiger partial charge in [0.05, 0.1) is 23.8 Å². The highest BCUT2D eigenvalue weighted by Crippen LogP contribution is 2.34. The number of aliphatic hydroxyl groups is 1. The first-order valence-corrected chi connectivity index (χ1v) is 7.68. The lowest BCUT2D eigenvalue weighted by Crippen LogP contribution is -2.27. The van der Waals surface area contributed by atoms with Gasteiger partial charge in [0.15, 0.2) is 9.84 Å². The highest BCUT2D eigenvalue weighted by Gasteiger charge is 2.42. The summed E-state index contributed by atoms with van der Waals surface area (Å²) in [7, 11) is -3.16. The van der Waals surface area contributed by atoms with Crippen LogP contribution in [-0.4, -0.2) is 36.1 Å². The van der Waals surface area contributed by atoms with Crippen LogP contribution < -0.4 is 4.74 Å². The molecule has 18 heavy (non-hydrogen) atoms. The van der Waals surface area contributed by atoms with Crippen LogP contribution in [0.25, 0.3) is 0 Å². The summed E-state index contributed by atoms with van der Waals surface area (Å²) in [6.45, 7) is 3.78. The Hall–Kier alpha value is -1.14. The predicted octanol–water partition coefficient (Wildman–Crippen LogP) is 0.875. The van der Waals surface area contributed by atoms with Gasteiger partial charge in [0.2, 0.25) is 0 Å². The van der Waals surface area contributed by atoms with E-state index in [-0.39, 0.29) is 24.0 Å². The van der Waals surface area contributed by atoms with Crippen LogP contribution in [-0.2, 0) is 15.4 Å². The molecule has 1 saturated heterocycles. The molecule has 5 nitrogen and oxygen atoms in total. The maximum absolute atomic E-state index is 11.5. The number of hydrogen-bond acceptors (Lipinski definition) is 5. The monoisotopic (exact) mass is 271 g/mol. The van der Waals surface area contributed by atoms with Gasteiger partial charge in [0.1, 0.15) is 11.4 Å². The number of nitrogens with zero attached hydrogens (tertiary/aromatic N) is 1. The first-order valence-electron chi connectivity index (χ1n) is 5.86. The molecule has 0 spiro atoms. The van der Waals surface area contributed by atoms with Crippen LogP contribution in [0.3, 0.4) is 0 Å². The molecule has 0 saturated carbocycles. The number of aromatic nitrogens is 1. The van der Waals surface area contributed by atoms with Crippen molar-refractivity contribution >= 4 is 9.84 Å². The van der Waals surface area contributed by atoms with Crippen molar-refractivity contribution in [3.8, 4) is 5.75 Å². The second-order valence-electron chi connectivity index (χ2n) is 4.95. The van der Waals surface area contributed by atoms with Crippen molar-refractivity contribution < 1.29 is 18.3 Å². The Labute approximate surface area is 107 Å². The van der Waals surface area contributed by atoms with Crippen LogP contribution >= 0.6 is 0 Å². The maximum Gasteiger partial charge on any atom is 0.153 e. The fourth-order valence-electron chi connectivity index (χ4n) is 2.07. The van der Waals surface area contributed by atoms with E-state index < -0.39 is 15.4 Å². The Morgan fingerprint density at radius 3 is 2.72 bits per heavy atom. The third-order valence-corrected chi connectivity index (χ3v) is 4.65. The normalized spacial score (nSPS) is 26.4. The molecule has 2 rings (SSSR count). The number of ether oxygens (including phenoxy) is 1. The molecule has 0 aromatic carbocycles. The van der Waals surface area contributed by atoms with Crippen molar-refractivity contribution in [2.75, 3.05) is 11.5 Å². The lowest BCUT2D eigenvalue weighted by atomic mass is 9.95. The quantitative estimate of drug-likeness (QED) is 0.883. The van der Waals surface area contributed by atoms with Gasteiger partial charge in [-0.2, -0.15) is 0 Å². The molecule has 0 amide bonds. The van der Waals surface area contributed by atoms with Gasteiger partial charge in [0, 0.05) is 11.8 Å². The Morgan fingerprint density at radius 2 is 2.17 bits per heavy atom. The van der Waals surface area contributed by atoms with E-state index in [9.17, 15) is 13.5 Å². The minimum atomic E-state index is -3.16. The molecule has 1 aromatic heterocycles. The summed E-state index contributed by atoms with van der Waals surface area (Å²) in [5, 5.41) is 10.4. The Kier molecular flexibility index (Phi) is 3.33. The van der Waals surface area contributed by atoms with Gasteiger partial charge in [-0.15, -0.1) is 0 Å². The van der Waals surface area contributed by atoms with Gasteiger partial charge in [-0.3, -0.25) is 4.98 Å². The number of sulfone groups is 1. The Balaban J connectivity index is 2.29. The fraction of sp³-hybridized carbons (Fsp3) is 0.583. The first-order chi connectivity index (χ1) is 8.31. The van der Waals surface area contributed by atoms with Gasteiger partial charge in [0.25, 0.3) is 0 Å². The molecule has 1 aliphatic rings. The van der Waals surface area contributed by atoms with Gasteiger partial charge >= 0.3 is 0 Å². The summed E-state index contributed by atoms with van der Waals surface area (Å²) in [6.07, 6.45) is 3.26. The fourth-order valence-corrected chi connectivity index (χ4v) is 3.90. The first kappa shape index (κ1) is 13.3. The van der Waals surface area contributed by atoms with E-state index in [2.05, 4.69) is 4.98 Å². The average Bonchev–Trinajstić information content (AvgIpc) is 2.54. The minimum absolute atomic E-state index is 0.00371. The molecule has 2 heterocycles. The summed E-state index contributed by atoms with van der Waals surface area (Å²) in [5.74, 6) is 0.311. The van der Waals surface area contributed by atoms with Crippen LogP contribution in [0.5, 0.6) is 5.75 Å².